The maximum Gasteiger partial charge on any atom is 0.135 e. The van der Waals surface area contributed by atoms with E-state index in [-0.39, 0.29) is 0 Å². The SMILES string of the molecule is C#Cc1c(OCC)cccc1-c1ccsc1. The molecule has 0 aliphatic carbocycles. The van der Waals surface area contributed by atoms with E-state index in [4.69, 9.17) is 11.2 Å². The molecule has 0 unspecified atom stereocenters. The van der Waals surface area contributed by atoms with Crippen LogP contribution in [0.3, 0.4) is 0 Å². The molecule has 0 aliphatic rings. The van der Waals surface area contributed by atoms with Gasteiger partial charge in [0.2, 0.25) is 0 Å². The highest BCUT2D eigenvalue weighted by Crippen LogP contribution is 2.31. The van der Waals surface area contributed by atoms with E-state index in [1.807, 2.05) is 30.5 Å². The topological polar surface area (TPSA) is 9.23 Å². The van der Waals surface area contributed by atoms with Crippen molar-refractivity contribution in [1.82, 2.24) is 0 Å². The van der Waals surface area contributed by atoms with E-state index in [0.29, 0.717) is 6.61 Å². The molecule has 2 aromatic rings. The first-order chi connectivity index (χ1) is 7.86. The molecule has 0 saturated carbocycles. The molecular formula is C14H12OS. The van der Waals surface area contributed by atoms with E-state index in [2.05, 4.69) is 17.4 Å². The van der Waals surface area contributed by atoms with Crippen molar-refractivity contribution < 1.29 is 4.74 Å². The molecule has 16 heavy (non-hydrogen) atoms. The summed E-state index contributed by atoms with van der Waals surface area (Å²) in [5.74, 6) is 3.50. The normalized spacial score (nSPS) is 9.75. The lowest BCUT2D eigenvalue weighted by atomic mass is 10.0. The fraction of sp³-hybridized carbons (Fsp3) is 0.143. The van der Waals surface area contributed by atoms with Crippen molar-refractivity contribution in [2.24, 2.45) is 0 Å². The second kappa shape index (κ2) is 4.87. The van der Waals surface area contributed by atoms with Gasteiger partial charge in [0.1, 0.15) is 5.75 Å². The van der Waals surface area contributed by atoms with E-state index >= 15 is 0 Å². The van der Waals surface area contributed by atoms with Crippen molar-refractivity contribution in [3.05, 3.63) is 40.6 Å². The Kier molecular flexibility index (Phi) is 3.28. The molecule has 0 amide bonds. The molecule has 1 nitrogen and oxygen atoms in total. The molecule has 1 aromatic heterocycles. The summed E-state index contributed by atoms with van der Waals surface area (Å²) in [5.41, 5.74) is 3.05. The van der Waals surface area contributed by atoms with Crippen LogP contribution < -0.4 is 4.74 Å². The Morgan fingerprint density at radius 2 is 2.25 bits per heavy atom. The lowest BCUT2D eigenvalue weighted by Crippen LogP contribution is -1.95. The van der Waals surface area contributed by atoms with Crippen LogP contribution in [0.25, 0.3) is 11.1 Å². The molecule has 0 bridgehead atoms. The van der Waals surface area contributed by atoms with Crippen LogP contribution in [0.4, 0.5) is 0 Å². The zero-order valence-corrected chi connectivity index (χ0v) is 9.88. The third-order valence-electron chi connectivity index (χ3n) is 2.30. The molecule has 0 aliphatic heterocycles. The van der Waals surface area contributed by atoms with Crippen LogP contribution in [0, 0.1) is 12.3 Å². The van der Waals surface area contributed by atoms with Crippen LogP contribution in [0.5, 0.6) is 5.75 Å². The first-order valence-electron chi connectivity index (χ1n) is 5.11. The molecule has 1 heterocycles. The van der Waals surface area contributed by atoms with Gasteiger partial charge in [-0.05, 0) is 35.4 Å². The second-order valence-electron chi connectivity index (χ2n) is 3.27. The van der Waals surface area contributed by atoms with Gasteiger partial charge in [-0.15, -0.1) is 6.42 Å². The van der Waals surface area contributed by atoms with Crippen molar-refractivity contribution in [2.75, 3.05) is 6.61 Å². The van der Waals surface area contributed by atoms with E-state index in [9.17, 15) is 0 Å². The molecule has 0 fully saturated rings. The maximum absolute atomic E-state index is 5.56. The number of thiophene rings is 1. The fourth-order valence-electron chi connectivity index (χ4n) is 1.61. The van der Waals surface area contributed by atoms with Crippen molar-refractivity contribution in [2.45, 2.75) is 6.92 Å². The van der Waals surface area contributed by atoms with Gasteiger partial charge in [-0.1, -0.05) is 18.1 Å². The van der Waals surface area contributed by atoms with E-state index in [1.54, 1.807) is 11.3 Å². The third kappa shape index (κ3) is 1.95. The molecule has 0 saturated heterocycles. The number of ether oxygens (including phenoxy) is 1. The molecule has 0 spiro atoms. The zero-order chi connectivity index (χ0) is 11.4. The van der Waals surface area contributed by atoms with Gasteiger partial charge >= 0.3 is 0 Å². The quantitative estimate of drug-likeness (QED) is 0.726. The van der Waals surface area contributed by atoms with Crippen LogP contribution in [0.2, 0.25) is 0 Å². The van der Waals surface area contributed by atoms with E-state index in [1.165, 1.54) is 0 Å². The van der Waals surface area contributed by atoms with Gasteiger partial charge in [-0.25, -0.2) is 0 Å². The summed E-state index contributed by atoms with van der Waals surface area (Å²) < 4.78 is 5.53. The van der Waals surface area contributed by atoms with E-state index < -0.39 is 0 Å². The maximum atomic E-state index is 5.56. The molecule has 80 valence electrons. The van der Waals surface area contributed by atoms with Crippen molar-refractivity contribution >= 4 is 11.3 Å². The molecule has 0 N–H and O–H groups in total. The van der Waals surface area contributed by atoms with Crippen LogP contribution in [-0.2, 0) is 0 Å². The van der Waals surface area contributed by atoms with Gasteiger partial charge in [-0.3, -0.25) is 0 Å². The summed E-state index contributed by atoms with van der Waals surface area (Å²) in [6.07, 6.45) is 5.56. The van der Waals surface area contributed by atoms with Gasteiger partial charge in [0, 0.05) is 5.56 Å². The average Bonchev–Trinajstić information content (AvgIpc) is 2.82. The highest BCUT2D eigenvalue weighted by atomic mass is 32.1. The minimum absolute atomic E-state index is 0.627. The second-order valence-corrected chi connectivity index (χ2v) is 4.05. The van der Waals surface area contributed by atoms with Crippen LogP contribution >= 0.6 is 11.3 Å². The van der Waals surface area contributed by atoms with Crippen molar-refractivity contribution in [3.8, 4) is 29.2 Å². The van der Waals surface area contributed by atoms with Gasteiger partial charge < -0.3 is 4.74 Å². The van der Waals surface area contributed by atoms with Crippen LogP contribution in [0.1, 0.15) is 12.5 Å². The smallest absolute Gasteiger partial charge is 0.135 e. The number of rotatable bonds is 3. The average molecular weight is 228 g/mol. The predicted molar refractivity (Wildman–Crippen MR) is 68.9 cm³/mol. The Hall–Kier alpha value is -1.72. The Bertz CT molecular complexity index is 506. The Morgan fingerprint density at radius 1 is 1.38 bits per heavy atom. The van der Waals surface area contributed by atoms with Gasteiger partial charge in [0.05, 0.1) is 12.2 Å². The Labute approximate surface area is 99.7 Å². The number of terminal acetylenes is 1. The zero-order valence-electron chi connectivity index (χ0n) is 9.07. The first kappa shape index (κ1) is 10.8. The summed E-state index contributed by atoms with van der Waals surface area (Å²) in [6.45, 7) is 2.58. The standard InChI is InChI=1S/C14H12OS/c1-3-12-13(11-8-9-16-10-11)6-5-7-14(12)15-4-2/h1,5-10H,4H2,2H3. The highest BCUT2D eigenvalue weighted by Gasteiger charge is 2.08. The van der Waals surface area contributed by atoms with Crippen molar-refractivity contribution in [1.29, 1.82) is 0 Å². The van der Waals surface area contributed by atoms with Gasteiger partial charge in [0.25, 0.3) is 0 Å². The lowest BCUT2D eigenvalue weighted by Gasteiger charge is -2.09. The van der Waals surface area contributed by atoms with Gasteiger partial charge in [-0.2, -0.15) is 11.3 Å². The number of hydrogen-bond donors (Lipinski definition) is 0. The predicted octanol–water partition coefficient (Wildman–Crippen LogP) is 3.80. The van der Waals surface area contributed by atoms with Crippen molar-refractivity contribution in [3.63, 3.8) is 0 Å². The minimum Gasteiger partial charge on any atom is -0.493 e. The summed E-state index contributed by atoms with van der Waals surface area (Å²) in [7, 11) is 0. The summed E-state index contributed by atoms with van der Waals surface area (Å²) in [4.78, 5) is 0. The number of benzene rings is 1. The first-order valence-corrected chi connectivity index (χ1v) is 6.06. The molecule has 0 atom stereocenters. The number of hydrogen-bond acceptors (Lipinski definition) is 2. The summed E-state index contributed by atoms with van der Waals surface area (Å²) in [5, 5.41) is 4.13. The molecular weight excluding hydrogens is 216 g/mol. The third-order valence-corrected chi connectivity index (χ3v) is 2.99. The summed E-state index contributed by atoms with van der Waals surface area (Å²) in [6, 6.07) is 7.98. The minimum atomic E-state index is 0.627. The monoisotopic (exact) mass is 228 g/mol. The Morgan fingerprint density at radius 3 is 2.88 bits per heavy atom. The Balaban J connectivity index is 2.54. The van der Waals surface area contributed by atoms with E-state index in [0.717, 1.165) is 22.4 Å². The molecule has 2 heteroatoms. The van der Waals surface area contributed by atoms with Crippen LogP contribution in [-0.4, -0.2) is 6.61 Å². The lowest BCUT2D eigenvalue weighted by molar-refractivity contribution is 0.339. The van der Waals surface area contributed by atoms with Gasteiger partial charge in [0.15, 0.2) is 0 Å². The molecule has 1 aromatic carbocycles. The fourth-order valence-corrected chi connectivity index (χ4v) is 2.27. The largest absolute Gasteiger partial charge is 0.493 e. The molecule has 2 rings (SSSR count). The van der Waals surface area contributed by atoms with Crippen LogP contribution in [0.15, 0.2) is 35.0 Å². The summed E-state index contributed by atoms with van der Waals surface area (Å²) >= 11 is 1.66. The molecule has 0 radical (unpaired) electrons. The highest BCUT2D eigenvalue weighted by molar-refractivity contribution is 7.08.